The summed E-state index contributed by atoms with van der Waals surface area (Å²) in [6.07, 6.45) is 21.8. The molecule has 1 saturated carbocycles. The fourth-order valence-electron chi connectivity index (χ4n) is 4.92. The van der Waals surface area contributed by atoms with E-state index in [9.17, 15) is 8.78 Å². The number of halogens is 2. The second-order valence-electron chi connectivity index (χ2n) is 11.1. The Hall–Kier alpha value is -4.18. The predicted molar refractivity (Wildman–Crippen MR) is 207 cm³/mol. The molecule has 4 rings (SSSR count). The van der Waals surface area contributed by atoms with E-state index in [1.165, 1.54) is 61.4 Å². The summed E-state index contributed by atoms with van der Waals surface area (Å²) >= 11 is 0. The van der Waals surface area contributed by atoms with Crippen molar-refractivity contribution in [2.45, 2.75) is 92.4 Å². The lowest BCUT2D eigenvalue weighted by atomic mass is 9.77. The summed E-state index contributed by atoms with van der Waals surface area (Å²) in [4.78, 5) is 0. The topological polar surface area (TPSA) is 0 Å². The van der Waals surface area contributed by atoms with Crippen LogP contribution in [0.25, 0.3) is 16.7 Å². The molecule has 1 atom stereocenters. The molecule has 0 N–H and O–H groups in total. The molecule has 0 radical (unpaired) electrons. The molecular weight excluding hydrogens is 578 g/mol. The highest BCUT2D eigenvalue weighted by molar-refractivity contribution is 5.65. The van der Waals surface area contributed by atoms with Crippen molar-refractivity contribution in [3.8, 4) is 24.0 Å². The predicted octanol–water partition coefficient (Wildman–Crippen LogP) is 14.4. The first-order valence-electron chi connectivity index (χ1n) is 17.0. The number of terminal acetylenes is 1. The summed E-state index contributed by atoms with van der Waals surface area (Å²) in [6, 6.07) is 21.8. The van der Waals surface area contributed by atoms with Gasteiger partial charge in [0.05, 0.1) is 5.56 Å². The zero-order valence-electron chi connectivity index (χ0n) is 30.1. The lowest BCUT2D eigenvalue weighted by molar-refractivity contribution is 0.272. The zero-order chi connectivity index (χ0) is 36.0. The van der Waals surface area contributed by atoms with E-state index < -0.39 is 11.6 Å². The molecule has 0 bridgehead atoms. The Balaban J connectivity index is 0. The van der Waals surface area contributed by atoms with E-state index in [0.717, 1.165) is 30.2 Å². The smallest absolute Gasteiger partial charge is 0.133 e. The highest BCUT2D eigenvalue weighted by Crippen LogP contribution is 2.36. The van der Waals surface area contributed by atoms with Crippen molar-refractivity contribution in [1.82, 2.24) is 0 Å². The molecule has 0 heterocycles. The molecule has 1 aliphatic rings. The van der Waals surface area contributed by atoms with Crippen LogP contribution in [-0.2, 0) is 0 Å². The van der Waals surface area contributed by atoms with Gasteiger partial charge in [-0.05, 0) is 65.1 Å². The molecule has 47 heavy (non-hydrogen) atoms. The molecule has 0 aromatic heterocycles. The number of hydrogen-bond donors (Lipinski definition) is 0. The van der Waals surface area contributed by atoms with Crippen molar-refractivity contribution in [3.63, 3.8) is 0 Å². The van der Waals surface area contributed by atoms with Gasteiger partial charge in [-0.15, -0.1) is 18.6 Å². The fraction of sp³-hybridized carbons (Fsp3) is 0.356. The molecule has 1 aliphatic carbocycles. The van der Waals surface area contributed by atoms with Gasteiger partial charge >= 0.3 is 0 Å². The Kier molecular flexibility index (Phi) is 28.0. The van der Waals surface area contributed by atoms with Gasteiger partial charge in [0.2, 0.25) is 0 Å². The van der Waals surface area contributed by atoms with Gasteiger partial charge in [0, 0.05) is 5.92 Å². The third-order valence-electron chi connectivity index (χ3n) is 7.41. The second kappa shape index (κ2) is 29.2. The average Bonchev–Trinajstić information content (AvgIpc) is 3.12. The van der Waals surface area contributed by atoms with Gasteiger partial charge < -0.3 is 0 Å². The molecule has 0 nitrogen and oxygen atoms in total. The summed E-state index contributed by atoms with van der Waals surface area (Å²) in [7, 11) is 0. The Morgan fingerprint density at radius 1 is 0.830 bits per heavy atom. The third-order valence-corrected chi connectivity index (χ3v) is 7.41. The minimum Gasteiger partial charge on any atom is -0.206 e. The zero-order valence-corrected chi connectivity index (χ0v) is 30.1. The molecule has 0 aliphatic heterocycles. The SMILES string of the molecule is C#C.C=C(CC)c1ccccc1.C=C=CC(CC1CCC(C)CC1)c1ccc(-c2c(F)cccc2F)cc1.C=CC=C.CC.CCC. The van der Waals surface area contributed by atoms with E-state index in [1.54, 1.807) is 12.2 Å². The Morgan fingerprint density at radius 2 is 1.32 bits per heavy atom. The van der Waals surface area contributed by atoms with Crippen LogP contribution in [0.3, 0.4) is 0 Å². The molecule has 0 saturated heterocycles. The van der Waals surface area contributed by atoms with Crippen molar-refractivity contribution in [2.24, 2.45) is 11.8 Å². The Morgan fingerprint density at radius 3 is 1.74 bits per heavy atom. The number of allylic oxidation sites excluding steroid dienone is 4. The highest BCUT2D eigenvalue weighted by atomic mass is 19.1. The van der Waals surface area contributed by atoms with E-state index in [4.69, 9.17) is 0 Å². The van der Waals surface area contributed by atoms with Crippen LogP contribution in [0, 0.1) is 36.3 Å². The van der Waals surface area contributed by atoms with E-state index in [1.807, 2.05) is 62.4 Å². The summed E-state index contributed by atoms with van der Waals surface area (Å²) in [5.41, 5.74) is 7.16. The van der Waals surface area contributed by atoms with Gasteiger partial charge in [-0.1, -0.05) is 173 Å². The first-order chi connectivity index (χ1) is 22.8. The number of hydrogen-bond acceptors (Lipinski definition) is 0. The average molecular weight is 639 g/mol. The van der Waals surface area contributed by atoms with Crippen LogP contribution in [0.4, 0.5) is 8.78 Å². The maximum Gasteiger partial charge on any atom is 0.133 e. The molecule has 1 unspecified atom stereocenters. The molecule has 1 fully saturated rings. The number of benzene rings is 3. The van der Waals surface area contributed by atoms with Gasteiger partial charge in [-0.25, -0.2) is 8.78 Å². The normalized spacial score (nSPS) is 14.6. The third kappa shape index (κ3) is 18.5. The van der Waals surface area contributed by atoms with Crippen molar-refractivity contribution in [3.05, 3.63) is 146 Å². The molecular formula is C45H60F2. The van der Waals surface area contributed by atoms with Crippen molar-refractivity contribution < 1.29 is 8.78 Å². The van der Waals surface area contributed by atoms with Gasteiger partial charge in [0.1, 0.15) is 11.6 Å². The Bertz CT molecular complexity index is 1270. The van der Waals surface area contributed by atoms with E-state index in [0.29, 0.717) is 5.56 Å². The molecule has 0 spiro atoms. The van der Waals surface area contributed by atoms with Gasteiger partial charge in [-0.3, -0.25) is 0 Å². The van der Waals surface area contributed by atoms with Crippen LogP contribution in [0.5, 0.6) is 0 Å². The standard InChI is InChI=1S/C24H26F2.C10H12.C4H6.C3H8.C2H6.C2H2/c1-3-5-21(16-18-10-8-17(2)9-11-18)19-12-14-20(15-13-19)24-22(25)6-4-7-23(24)26;1-3-9(2)10-7-5-4-6-8-10;1-3-4-2;1-3-2;2*1-2/h4-7,12-15,17-18,21H,1,8-11,16H2,2H3;4-8H,2-3H2,1H3;3-4H,1-2H2;3H2,1-2H3;1-2H3;1-2H. The highest BCUT2D eigenvalue weighted by Gasteiger charge is 2.22. The number of rotatable bonds is 8. The van der Waals surface area contributed by atoms with Crippen LogP contribution in [0.1, 0.15) is 104 Å². The summed E-state index contributed by atoms with van der Waals surface area (Å²) < 4.78 is 28.0. The largest absolute Gasteiger partial charge is 0.206 e. The van der Waals surface area contributed by atoms with Crippen molar-refractivity contribution in [1.29, 1.82) is 0 Å². The summed E-state index contributed by atoms with van der Waals surface area (Å²) in [6.45, 7) is 27.1. The lowest BCUT2D eigenvalue weighted by Gasteiger charge is -2.28. The van der Waals surface area contributed by atoms with Crippen molar-refractivity contribution in [2.75, 3.05) is 0 Å². The first-order valence-corrected chi connectivity index (χ1v) is 17.0. The maximum atomic E-state index is 14.0. The molecule has 254 valence electrons. The van der Waals surface area contributed by atoms with Crippen LogP contribution in [-0.4, -0.2) is 0 Å². The monoisotopic (exact) mass is 638 g/mol. The van der Waals surface area contributed by atoms with E-state index in [-0.39, 0.29) is 11.5 Å². The maximum absolute atomic E-state index is 14.0. The lowest BCUT2D eigenvalue weighted by Crippen LogP contribution is -2.14. The van der Waals surface area contributed by atoms with Gasteiger partial charge in [0.15, 0.2) is 0 Å². The minimum absolute atomic E-state index is 0.0381. The summed E-state index contributed by atoms with van der Waals surface area (Å²) in [5, 5.41) is 0. The minimum atomic E-state index is -0.531. The first kappa shape index (κ1) is 44.9. The van der Waals surface area contributed by atoms with Crippen LogP contribution >= 0.6 is 0 Å². The molecule has 0 amide bonds. The quantitative estimate of drug-likeness (QED) is 0.131. The van der Waals surface area contributed by atoms with Gasteiger partial charge in [-0.2, -0.15) is 0 Å². The van der Waals surface area contributed by atoms with E-state index >= 15 is 0 Å². The second-order valence-corrected chi connectivity index (χ2v) is 11.1. The molecule has 2 heteroatoms. The van der Waals surface area contributed by atoms with Crippen LogP contribution in [0.2, 0.25) is 0 Å². The Labute approximate surface area is 287 Å². The van der Waals surface area contributed by atoms with Crippen LogP contribution in [0.15, 0.2) is 123 Å². The molecule has 3 aromatic carbocycles. The van der Waals surface area contributed by atoms with Crippen LogP contribution < -0.4 is 0 Å². The van der Waals surface area contributed by atoms with E-state index in [2.05, 4.69) is 84.7 Å². The van der Waals surface area contributed by atoms with Crippen molar-refractivity contribution >= 4 is 5.57 Å². The fourth-order valence-corrected chi connectivity index (χ4v) is 4.92. The molecule has 3 aromatic rings. The van der Waals surface area contributed by atoms with Gasteiger partial charge in [0.25, 0.3) is 0 Å². The summed E-state index contributed by atoms with van der Waals surface area (Å²) in [5.74, 6) is 0.762.